The number of aryl methyl sites for hydroxylation is 4. The van der Waals surface area contributed by atoms with Gasteiger partial charge in [-0.3, -0.25) is 0 Å². The van der Waals surface area contributed by atoms with Gasteiger partial charge in [0.05, 0.1) is 5.69 Å². The summed E-state index contributed by atoms with van der Waals surface area (Å²) in [7, 11) is 0. The number of rotatable bonds is 31. The van der Waals surface area contributed by atoms with Crippen LogP contribution in [0.4, 0.5) is 0 Å². The maximum Gasteiger partial charge on any atom is 0.108 e. The molecule has 1 heterocycles. The van der Waals surface area contributed by atoms with Gasteiger partial charge in [0.2, 0.25) is 0 Å². The van der Waals surface area contributed by atoms with Crippen molar-refractivity contribution in [2.24, 2.45) is 0 Å². The maximum absolute atomic E-state index is 5.16. The summed E-state index contributed by atoms with van der Waals surface area (Å²) in [6.45, 7) is 5.77. The first-order valence-corrected chi connectivity index (χ1v) is 19.4. The first kappa shape index (κ1) is 37.6. The normalized spacial score (nSPS) is 11.5. The van der Waals surface area contributed by atoms with E-state index in [4.69, 9.17) is 4.98 Å². The Morgan fingerprint density at radius 2 is 0.884 bits per heavy atom. The number of imidazole rings is 1. The number of hydrogen-bond acceptors (Lipinski definition) is 1. The molecule has 0 fully saturated rings. The lowest BCUT2D eigenvalue weighted by Gasteiger charge is -2.08. The second kappa shape index (κ2) is 27.9. The molecule has 0 saturated carbocycles. The SMILES string of the molecule is CCCCCCCCCCCCCCCCCCCc1nc(CCCc2ccccc2)cn1CCCCCCCCCC. The van der Waals surface area contributed by atoms with Gasteiger partial charge in [0.1, 0.15) is 5.82 Å². The fraction of sp³-hybridized carbons (Fsp3) is 0.780. The van der Waals surface area contributed by atoms with E-state index in [1.807, 2.05) is 0 Å². The van der Waals surface area contributed by atoms with E-state index in [-0.39, 0.29) is 0 Å². The van der Waals surface area contributed by atoms with Gasteiger partial charge < -0.3 is 4.57 Å². The quantitative estimate of drug-likeness (QED) is 0.0796. The molecular formula is C41H72N2. The molecule has 2 aromatic rings. The largest absolute Gasteiger partial charge is 0.335 e. The van der Waals surface area contributed by atoms with Crippen LogP contribution in [0.25, 0.3) is 0 Å². The van der Waals surface area contributed by atoms with Crippen molar-refractivity contribution < 1.29 is 0 Å². The Balaban J connectivity index is 1.56. The third-order valence-electron chi connectivity index (χ3n) is 9.41. The van der Waals surface area contributed by atoms with E-state index in [9.17, 15) is 0 Å². The van der Waals surface area contributed by atoms with Crippen molar-refractivity contribution in [2.75, 3.05) is 0 Å². The highest BCUT2D eigenvalue weighted by atomic mass is 15.1. The molecule has 1 aromatic carbocycles. The lowest BCUT2D eigenvalue weighted by atomic mass is 10.0. The molecule has 2 rings (SSSR count). The molecule has 1 aromatic heterocycles. The molecule has 0 N–H and O–H groups in total. The first-order chi connectivity index (χ1) is 21.3. The van der Waals surface area contributed by atoms with Crippen LogP contribution >= 0.6 is 0 Å². The zero-order chi connectivity index (χ0) is 30.5. The third-order valence-corrected chi connectivity index (χ3v) is 9.41. The van der Waals surface area contributed by atoms with Gasteiger partial charge in [-0.2, -0.15) is 0 Å². The van der Waals surface area contributed by atoms with Crippen molar-refractivity contribution >= 4 is 0 Å². The average Bonchev–Trinajstić information content (AvgIpc) is 3.41. The van der Waals surface area contributed by atoms with E-state index in [1.165, 1.54) is 184 Å². The van der Waals surface area contributed by atoms with Gasteiger partial charge in [0.25, 0.3) is 0 Å². The van der Waals surface area contributed by atoms with Crippen LogP contribution in [0.3, 0.4) is 0 Å². The molecule has 2 heteroatoms. The minimum atomic E-state index is 1.10. The number of hydrogen-bond donors (Lipinski definition) is 0. The van der Waals surface area contributed by atoms with Crippen LogP contribution in [0.15, 0.2) is 36.5 Å². The molecule has 0 saturated heterocycles. The monoisotopic (exact) mass is 593 g/mol. The van der Waals surface area contributed by atoms with Gasteiger partial charge in [-0.1, -0.05) is 192 Å². The Morgan fingerprint density at radius 1 is 0.442 bits per heavy atom. The summed E-state index contributed by atoms with van der Waals surface area (Å²) in [5.74, 6) is 1.36. The molecule has 0 amide bonds. The summed E-state index contributed by atoms with van der Waals surface area (Å²) >= 11 is 0. The van der Waals surface area contributed by atoms with Gasteiger partial charge in [0.15, 0.2) is 0 Å². The number of benzene rings is 1. The van der Waals surface area contributed by atoms with Crippen molar-refractivity contribution in [3.63, 3.8) is 0 Å². The lowest BCUT2D eigenvalue weighted by Crippen LogP contribution is -2.03. The number of unbranched alkanes of at least 4 members (excludes halogenated alkanes) is 23. The zero-order valence-electron chi connectivity index (χ0n) is 29.1. The molecule has 43 heavy (non-hydrogen) atoms. The molecule has 0 radical (unpaired) electrons. The van der Waals surface area contributed by atoms with E-state index in [1.54, 1.807) is 0 Å². The van der Waals surface area contributed by atoms with Crippen LogP contribution in [0.1, 0.15) is 198 Å². The van der Waals surface area contributed by atoms with E-state index >= 15 is 0 Å². The van der Waals surface area contributed by atoms with Gasteiger partial charge in [-0.15, -0.1) is 0 Å². The Labute approximate surface area is 269 Å². The van der Waals surface area contributed by atoms with Gasteiger partial charge in [-0.05, 0) is 37.7 Å². The fourth-order valence-corrected chi connectivity index (χ4v) is 6.57. The molecule has 0 aliphatic carbocycles. The molecule has 246 valence electrons. The van der Waals surface area contributed by atoms with Crippen LogP contribution < -0.4 is 0 Å². The Morgan fingerprint density at radius 3 is 1.37 bits per heavy atom. The van der Waals surface area contributed by atoms with Gasteiger partial charge >= 0.3 is 0 Å². The summed E-state index contributed by atoms with van der Waals surface area (Å²) in [6, 6.07) is 10.9. The first-order valence-electron chi connectivity index (χ1n) is 19.4. The summed E-state index contributed by atoms with van der Waals surface area (Å²) in [4.78, 5) is 5.16. The summed E-state index contributed by atoms with van der Waals surface area (Å²) in [5.41, 5.74) is 2.77. The van der Waals surface area contributed by atoms with Crippen molar-refractivity contribution in [1.29, 1.82) is 0 Å². The third kappa shape index (κ3) is 20.9. The lowest BCUT2D eigenvalue weighted by molar-refractivity contribution is 0.519. The predicted molar refractivity (Wildman–Crippen MR) is 191 cm³/mol. The smallest absolute Gasteiger partial charge is 0.108 e. The van der Waals surface area contributed by atoms with Crippen molar-refractivity contribution in [2.45, 2.75) is 207 Å². The maximum atomic E-state index is 5.16. The van der Waals surface area contributed by atoms with E-state index in [0.29, 0.717) is 0 Å². The molecule has 0 bridgehead atoms. The zero-order valence-corrected chi connectivity index (χ0v) is 29.1. The highest BCUT2D eigenvalue weighted by Gasteiger charge is 2.09. The van der Waals surface area contributed by atoms with Crippen LogP contribution in [0, 0.1) is 0 Å². The second-order valence-electron chi connectivity index (χ2n) is 13.6. The summed E-state index contributed by atoms with van der Waals surface area (Å²) < 4.78 is 2.53. The van der Waals surface area contributed by atoms with Crippen LogP contribution in [-0.2, 0) is 25.8 Å². The van der Waals surface area contributed by atoms with Crippen LogP contribution in [-0.4, -0.2) is 9.55 Å². The topological polar surface area (TPSA) is 17.8 Å². The molecule has 0 atom stereocenters. The number of nitrogens with zero attached hydrogens (tertiary/aromatic N) is 2. The highest BCUT2D eigenvalue weighted by Crippen LogP contribution is 2.17. The van der Waals surface area contributed by atoms with E-state index in [2.05, 4.69) is 54.9 Å². The minimum Gasteiger partial charge on any atom is -0.335 e. The van der Waals surface area contributed by atoms with Crippen molar-refractivity contribution in [1.82, 2.24) is 9.55 Å². The summed E-state index contributed by atoms with van der Waals surface area (Å²) in [6.07, 6.45) is 42.5. The Bertz CT molecular complexity index is 839. The van der Waals surface area contributed by atoms with Crippen molar-refractivity contribution in [3.8, 4) is 0 Å². The molecule has 0 aliphatic heterocycles. The van der Waals surface area contributed by atoms with Gasteiger partial charge in [-0.25, -0.2) is 4.98 Å². The highest BCUT2D eigenvalue weighted by molar-refractivity contribution is 5.15. The fourth-order valence-electron chi connectivity index (χ4n) is 6.57. The van der Waals surface area contributed by atoms with E-state index in [0.717, 1.165) is 25.8 Å². The van der Waals surface area contributed by atoms with Crippen LogP contribution in [0.5, 0.6) is 0 Å². The predicted octanol–water partition coefficient (Wildman–Crippen LogP) is 13.4. The van der Waals surface area contributed by atoms with Crippen LogP contribution in [0.2, 0.25) is 0 Å². The second-order valence-corrected chi connectivity index (χ2v) is 13.6. The Hall–Kier alpha value is -1.57. The van der Waals surface area contributed by atoms with Gasteiger partial charge in [0, 0.05) is 19.2 Å². The van der Waals surface area contributed by atoms with E-state index < -0.39 is 0 Å². The molecule has 0 unspecified atom stereocenters. The number of aromatic nitrogens is 2. The molecular weight excluding hydrogens is 520 g/mol. The van der Waals surface area contributed by atoms with Crippen molar-refractivity contribution in [3.05, 3.63) is 53.6 Å². The molecule has 2 nitrogen and oxygen atoms in total. The average molecular weight is 593 g/mol. The minimum absolute atomic E-state index is 1.10. The Kier molecular flexibility index (Phi) is 24.4. The summed E-state index contributed by atoms with van der Waals surface area (Å²) in [5, 5.41) is 0. The molecule has 0 spiro atoms. The molecule has 0 aliphatic rings. The standard InChI is InChI=1S/C41H72N2/c1-3-5-7-9-11-13-14-15-16-17-18-19-20-21-22-24-29-36-41-42-40(35-31-34-39-32-27-26-28-33-39)38-43(41)37-30-25-23-12-10-8-6-4-2/h26-28,32-33,38H,3-25,29-31,34-37H2,1-2H3.